The highest BCUT2D eigenvalue weighted by molar-refractivity contribution is 5.95. The Labute approximate surface area is 92.3 Å². The van der Waals surface area contributed by atoms with Crippen molar-refractivity contribution in [2.45, 2.75) is 0 Å². The van der Waals surface area contributed by atoms with E-state index < -0.39 is 11.8 Å². The molecular weight excluding hydrogens is 210 g/mol. The standard InChI is InChI=1S/C10H13N3O3/c1-12-4-3-7(5-9(12)15)10(16)13(2)6-8(11)14/h3-5H,6H2,1-2H3,(H2,11,14). The number of hydrogen-bond acceptors (Lipinski definition) is 3. The molecule has 0 unspecified atom stereocenters. The molecule has 16 heavy (non-hydrogen) atoms. The molecule has 0 aliphatic rings. The lowest BCUT2D eigenvalue weighted by molar-refractivity contribution is -0.118. The number of carbonyl (C=O) groups is 2. The third-order valence-electron chi connectivity index (χ3n) is 2.09. The van der Waals surface area contributed by atoms with Crippen LogP contribution >= 0.6 is 0 Å². The van der Waals surface area contributed by atoms with Crippen LogP contribution in [-0.2, 0) is 11.8 Å². The monoisotopic (exact) mass is 223 g/mol. The van der Waals surface area contributed by atoms with Crippen molar-refractivity contribution in [2.75, 3.05) is 13.6 Å². The molecule has 0 aliphatic carbocycles. The van der Waals surface area contributed by atoms with Gasteiger partial charge in [0.25, 0.3) is 11.5 Å². The van der Waals surface area contributed by atoms with Crippen molar-refractivity contribution in [2.24, 2.45) is 12.8 Å². The fourth-order valence-electron chi connectivity index (χ4n) is 1.21. The number of carbonyl (C=O) groups excluding carboxylic acids is 2. The topological polar surface area (TPSA) is 85.4 Å². The molecule has 0 saturated carbocycles. The van der Waals surface area contributed by atoms with Crippen molar-refractivity contribution in [3.05, 3.63) is 34.2 Å². The summed E-state index contributed by atoms with van der Waals surface area (Å²) in [5.41, 5.74) is 4.93. The first-order valence-electron chi connectivity index (χ1n) is 4.62. The third kappa shape index (κ3) is 2.69. The fraction of sp³-hybridized carbons (Fsp3) is 0.300. The van der Waals surface area contributed by atoms with E-state index in [2.05, 4.69) is 0 Å². The predicted octanol–water partition coefficient (Wildman–Crippen LogP) is -1.06. The molecule has 6 heteroatoms. The van der Waals surface area contributed by atoms with Crippen LogP contribution in [0.4, 0.5) is 0 Å². The fourth-order valence-corrected chi connectivity index (χ4v) is 1.21. The van der Waals surface area contributed by atoms with Crippen LogP contribution in [0.15, 0.2) is 23.1 Å². The van der Waals surface area contributed by atoms with Gasteiger partial charge in [-0.05, 0) is 6.07 Å². The Morgan fingerprint density at radius 3 is 2.62 bits per heavy atom. The second kappa shape index (κ2) is 4.61. The Bertz CT molecular complexity index is 478. The average molecular weight is 223 g/mol. The number of nitrogens with two attached hydrogens (primary N) is 1. The predicted molar refractivity (Wildman–Crippen MR) is 57.8 cm³/mol. The van der Waals surface area contributed by atoms with Crippen molar-refractivity contribution in [3.8, 4) is 0 Å². The third-order valence-corrected chi connectivity index (χ3v) is 2.09. The van der Waals surface area contributed by atoms with Gasteiger partial charge >= 0.3 is 0 Å². The van der Waals surface area contributed by atoms with Crippen molar-refractivity contribution in [3.63, 3.8) is 0 Å². The Kier molecular flexibility index (Phi) is 3.44. The number of primary amides is 1. The first-order chi connectivity index (χ1) is 7.41. The molecule has 1 rings (SSSR count). The SMILES string of the molecule is CN(CC(N)=O)C(=O)c1ccn(C)c(=O)c1. The molecule has 0 aliphatic heterocycles. The summed E-state index contributed by atoms with van der Waals surface area (Å²) in [6.45, 7) is -0.173. The number of hydrogen-bond donors (Lipinski definition) is 1. The van der Waals surface area contributed by atoms with E-state index in [-0.39, 0.29) is 17.7 Å². The molecule has 2 N–H and O–H groups in total. The minimum Gasteiger partial charge on any atom is -0.368 e. The van der Waals surface area contributed by atoms with Crippen molar-refractivity contribution >= 4 is 11.8 Å². The van der Waals surface area contributed by atoms with Crippen LogP contribution in [-0.4, -0.2) is 34.9 Å². The number of likely N-dealkylation sites (N-methyl/N-ethyl adjacent to an activating group) is 1. The summed E-state index contributed by atoms with van der Waals surface area (Å²) >= 11 is 0. The van der Waals surface area contributed by atoms with Crippen LogP contribution in [0.3, 0.4) is 0 Å². The molecule has 1 aromatic rings. The Hall–Kier alpha value is -2.11. The van der Waals surface area contributed by atoms with Crippen LogP contribution in [0.1, 0.15) is 10.4 Å². The van der Waals surface area contributed by atoms with Crippen molar-refractivity contribution in [1.29, 1.82) is 0 Å². The van der Waals surface area contributed by atoms with Gasteiger partial charge in [-0.3, -0.25) is 14.4 Å². The smallest absolute Gasteiger partial charge is 0.254 e. The Balaban J connectivity index is 2.92. The quantitative estimate of drug-likeness (QED) is 0.709. The molecule has 0 aromatic carbocycles. The molecule has 0 radical (unpaired) electrons. The van der Waals surface area contributed by atoms with Gasteiger partial charge in [0.05, 0.1) is 6.54 Å². The van der Waals surface area contributed by atoms with E-state index in [4.69, 9.17) is 5.73 Å². The normalized spacial score (nSPS) is 9.88. The van der Waals surface area contributed by atoms with Crippen molar-refractivity contribution < 1.29 is 9.59 Å². The van der Waals surface area contributed by atoms with Crippen LogP contribution in [0.5, 0.6) is 0 Å². The molecule has 0 saturated heterocycles. The van der Waals surface area contributed by atoms with Gasteiger partial charge in [-0.25, -0.2) is 0 Å². The lowest BCUT2D eigenvalue weighted by atomic mass is 10.2. The first-order valence-corrected chi connectivity index (χ1v) is 4.62. The highest BCUT2D eigenvalue weighted by atomic mass is 16.2. The van der Waals surface area contributed by atoms with E-state index in [1.54, 1.807) is 7.05 Å². The largest absolute Gasteiger partial charge is 0.368 e. The summed E-state index contributed by atoms with van der Waals surface area (Å²) in [4.78, 5) is 34.8. The minimum absolute atomic E-state index is 0.173. The maximum absolute atomic E-state index is 11.7. The molecule has 0 fully saturated rings. The zero-order chi connectivity index (χ0) is 12.3. The number of aryl methyl sites for hydroxylation is 1. The second-order valence-corrected chi connectivity index (χ2v) is 3.49. The number of rotatable bonds is 3. The lowest BCUT2D eigenvalue weighted by Gasteiger charge is -2.14. The molecule has 86 valence electrons. The molecule has 2 amide bonds. The number of nitrogens with zero attached hydrogens (tertiary/aromatic N) is 2. The first kappa shape index (κ1) is 12.0. The summed E-state index contributed by atoms with van der Waals surface area (Å²) in [5.74, 6) is -1.00. The van der Waals surface area contributed by atoms with Crippen LogP contribution in [0, 0.1) is 0 Å². The van der Waals surface area contributed by atoms with Gasteiger partial charge < -0.3 is 15.2 Å². The number of pyridine rings is 1. The van der Waals surface area contributed by atoms with Crippen LogP contribution in [0.25, 0.3) is 0 Å². The molecule has 0 spiro atoms. The minimum atomic E-state index is -0.598. The molecule has 6 nitrogen and oxygen atoms in total. The summed E-state index contributed by atoms with van der Waals surface area (Å²) in [6.07, 6.45) is 1.49. The highest BCUT2D eigenvalue weighted by Crippen LogP contribution is 1.99. The summed E-state index contributed by atoms with van der Waals surface area (Å²) in [7, 11) is 3.04. The van der Waals surface area contributed by atoms with E-state index in [1.807, 2.05) is 0 Å². The maximum Gasteiger partial charge on any atom is 0.254 e. The van der Waals surface area contributed by atoms with Crippen LogP contribution < -0.4 is 11.3 Å². The summed E-state index contributed by atoms with van der Waals surface area (Å²) in [6, 6.07) is 2.74. The van der Waals surface area contributed by atoms with Crippen LogP contribution in [0.2, 0.25) is 0 Å². The Morgan fingerprint density at radius 2 is 2.12 bits per heavy atom. The van der Waals surface area contributed by atoms with E-state index in [9.17, 15) is 14.4 Å². The molecule has 1 aromatic heterocycles. The van der Waals surface area contributed by atoms with Gasteiger partial charge in [0.1, 0.15) is 0 Å². The highest BCUT2D eigenvalue weighted by Gasteiger charge is 2.13. The van der Waals surface area contributed by atoms with Crippen molar-refractivity contribution in [1.82, 2.24) is 9.47 Å². The van der Waals surface area contributed by atoms with Gasteiger partial charge in [0.15, 0.2) is 0 Å². The number of amides is 2. The lowest BCUT2D eigenvalue weighted by Crippen LogP contribution is -2.35. The van der Waals surface area contributed by atoms with E-state index >= 15 is 0 Å². The molecule has 0 atom stereocenters. The van der Waals surface area contributed by atoms with E-state index in [0.29, 0.717) is 0 Å². The zero-order valence-electron chi connectivity index (χ0n) is 9.14. The zero-order valence-corrected chi connectivity index (χ0v) is 9.14. The van der Waals surface area contributed by atoms with E-state index in [1.165, 1.54) is 29.9 Å². The van der Waals surface area contributed by atoms with Gasteiger partial charge in [0, 0.05) is 31.9 Å². The second-order valence-electron chi connectivity index (χ2n) is 3.49. The molecule has 0 bridgehead atoms. The Morgan fingerprint density at radius 1 is 1.50 bits per heavy atom. The summed E-state index contributed by atoms with van der Waals surface area (Å²) < 4.78 is 1.35. The van der Waals surface area contributed by atoms with E-state index in [0.717, 1.165) is 4.90 Å². The van der Waals surface area contributed by atoms with Gasteiger partial charge in [0.2, 0.25) is 5.91 Å². The van der Waals surface area contributed by atoms with Gasteiger partial charge in [-0.1, -0.05) is 0 Å². The average Bonchev–Trinajstić information content (AvgIpc) is 2.20. The van der Waals surface area contributed by atoms with Gasteiger partial charge in [-0.2, -0.15) is 0 Å². The maximum atomic E-state index is 11.7. The number of aromatic nitrogens is 1. The molecule has 1 heterocycles. The summed E-state index contributed by atoms with van der Waals surface area (Å²) in [5, 5.41) is 0. The van der Waals surface area contributed by atoms with Gasteiger partial charge in [-0.15, -0.1) is 0 Å². The molecular formula is C10H13N3O3.